The number of para-hydroxylation sites is 1. The van der Waals surface area contributed by atoms with Gasteiger partial charge in [-0.25, -0.2) is 4.58 Å². The van der Waals surface area contributed by atoms with Crippen LogP contribution in [-0.2, 0) is 4.79 Å². The van der Waals surface area contributed by atoms with Crippen LogP contribution in [0.4, 0.5) is 0 Å². The number of aromatic nitrogens is 1. The van der Waals surface area contributed by atoms with Crippen molar-refractivity contribution in [1.29, 1.82) is 0 Å². The maximum atomic E-state index is 11.1. The molecule has 0 amide bonds. The molecule has 24 heavy (non-hydrogen) atoms. The number of rotatable bonds is 4. The number of hydrogen-bond donors (Lipinski definition) is 2. The summed E-state index contributed by atoms with van der Waals surface area (Å²) in [5.41, 5.74) is 5.32. The van der Waals surface area contributed by atoms with Crippen LogP contribution in [0.5, 0.6) is 0 Å². The Balaban J connectivity index is 1.84. The number of benzene rings is 1. The van der Waals surface area contributed by atoms with E-state index >= 15 is 0 Å². The summed E-state index contributed by atoms with van der Waals surface area (Å²) >= 11 is 0. The number of aliphatic carboxylic acids is 1. The van der Waals surface area contributed by atoms with Gasteiger partial charge in [-0.05, 0) is 25.3 Å². The molecule has 2 aliphatic heterocycles. The first-order valence-electron chi connectivity index (χ1n) is 9.13. The van der Waals surface area contributed by atoms with Gasteiger partial charge >= 0.3 is 5.97 Å². The Morgan fingerprint density at radius 2 is 2.17 bits per heavy atom. The highest BCUT2D eigenvalue weighted by atomic mass is 16.4. The van der Waals surface area contributed by atoms with Gasteiger partial charge in [0.15, 0.2) is 0 Å². The van der Waals surface area contributed by atoms with Gasteiger partial charge in [0.25, 0.3) is 0 Å². The minimum Gasteiger partial charge on any atom is -0.481 e. The van der Waals surface area contributed by atoms with Crippen LogP contribution in [0.25, 0.3) is 10.9 Å². The van der Waals surface area contributed by atoms with Crippen molar-refractivity contribution in [3.63, 3.8) is 0 Å². The van der Waals surface area contributed by atoms with Gasteiger partial charge in [0.2, 0.25) is 5.71 Å². The summed E-state index contributed by atoms with van der Waals surface area (Å²) in [4.78, 5) is 14.7. The molecule has 0 saturated heterocycles. The first-order valence-corrected chi connectivity index (χ1v) is 9.13. The summed E-state index contributed by atoms with van der Waals surface area (Å²) in [7, 11) is 0. The third kappa shape index (κ3) is 2.45. The molecule has 2 atom stereocenters. The Bertz CT molecular complexity index is 818. The van der Waals surface area contributed by atoms with E-state index in [1.54, 1.807) is 0 Å². The van der Waals surface area contributed by atoms with E-state index < -0.39 is 5.97 Å². The van der Waals surface area contributed by atoms with E-state index in [-0.39, 0.29) is 6.42 Å². The van der Waals surface area contributed by atoms with Crippen molar-refractivity contribution >= 4 is 22.6 Å². The van der Waals surface area contributed by atoms with Crippen LogP contribution in [0.15, 0.2) is 24.3 Å². The number of carboxylic acid groups (broad SMARTS) is 1. The maximum Gasteiger partial charge on any atom is 0.303 e. The predicted molar refractivity (Wildman–Crippen MR) is 95.0 cm³/mol. The second kappa shape index (κ2) is 6.08. The molecule has 1 aromatic heterocycles. The number of aromatic amines is 1. The van der Waals surface area contributed by atoms with Crippen molar-refractivity contribution < 1.29 is 14.5 Å². The van der Waals surface area contributed by atoms with Crippen molar-refractivity contribution in [2.45, 2.75) is 44.9 Å². The summed E-state index contributed by atoms with van der Waals surface area (Å²) in [6.07, 6.45) is 4.41. The number of nitrogens with zero attached hydrogens (tertiary/aromatic N) is 1. The highest BCUT2D eigenvalue weighted by molar-refractivity contribution is 6.05. The largest absolute Gasteiger partial charge is 0.481 e. The summed E-state index contributed by atoms with van der Waals surface area (Å²) in [5.74, 6) is 0.226. The minimum atomic E-state index is -0.688. The zero-order valence-electron chi connectivity index (χ0n) is 14.2. The molecular weight excluding hydrogens is 300 g/mol. The molecule has 0 spiro atoms. The van der Waals surface area contributed by atoms with Crippen molar-refractivity contribution in [1.82, 2.24) is 4.98 Å². The lowest BCUT2D eigenvalue weighted by molar-refractivity contribution is -0.539. The van der Waals surface area contributed by atoms with Crippen molar-refractivity contribution in [2.24, 2.45) is 5.92 Å². The summed E-state index contributed by atoms with van der Waals surface area (Å²) in [6, 6.07) is 8.57. The number of H-pyrrole nitrogens is 1. The average molecular weight is 325 g/mol. The number of fused-ring (bicyclic) bond motifs is 4. The Morgan fingerprint density at radius 3 is 2.96 bits per heavy atom. The lowest BCUT2D eigenvalue weighted by Crippen LogP contribution is -2.40. The Hall–Kier alpha value is -2.10. The third-order valence-electron chi connectivity index (χ3n) is 5.76. The van der Waals surface area contributed by atoms with Gasteiger partial charge in [0, 0.05) is 41.1 Å². The second-order valence-electron chi connectivity index (χ2n) is 7.17. The lowest BCUT2D eigenvalue weighted by Gasteiger charge is -2.29. The van der Waals surface area contributed by atoms with Gasteiger partial charge < -0.3 is 10.1 Å². The molecule has 1 aromatic carbocycles. The smallest absolute Gasteiger partial charge is 0.303 e. The second-order valence-corrected chi connectivity index (χ2v) is 7.17. The molecule has 1 unspecified atom stereocenters. The standard InChI is InChI=1S/C20H24N2O2/c1-2-13-12-22-11-5-6-14(9-10-17(23)24)20(22)19-18(13)15-7-3-4-8-16(15)21-19/h3-4,7-8,13-14H,2,5-6,9-12H2,1H3,(H,23,24)/p+1/t13?,14-/m1/s1. The van der Waals surface area contributed by atoms with E-state index in [0.717, 1.165) is 32.4 Å². The Morgan fingerprint density at radius 1 is 1.33 bits per heavy atom. The summed E-state index contributed by atoms with van der Waals surface area (Å²) < 4.78 is 2.53. The molecule has 2 N–H and O–H groups in total. The van der Waals surface area contributed by atoms with Crippen LogP contribution in [0, 0.1) is 5.92 Å². The third-order valence-corrected chi connectivity index (χ3v) is 5.76. The number of carboxylic acids is 1. The van der Waals surface area contributed by atoms with Crippen LogP contribution in [0.2, 0.25) is 0 Å². The fourth-order valence-corrected chi connectivity index (χ4v) is 4.65. The van der Waals surface area contributed by atoms with Gasteiger partial charge in [0.1, 0.15) is 18.8 Å². The fraction of sp³-hybridized carbons (Fsp3) is 0.500. The molecular formula is C20H25N2O2+. The molecule has 0 bridgehead atoms. The lowest BCUT2D eigenvalue weighted by atomic mass is 9.80. The highest BCUT2D eigenvalue weighted by Gasteiger charge is 2.40. The zero-order valence-corrected chi connectivity index (χ0v) is 14.2. The van der Waals surface area contributed by atoms with Gasteiger partial charge in [-0.15, -0.1) is 0 Å². The Labute approximate surface area is 142 Å². The van der Waals surface area contributed by atoms with Gasteiger partial charge in [-0.3, -0.25) is 4.79 Å². The molecule has 0 saturated carbocycles. The van der Waals surface area contributed by atoms with Crippen molar-refractivity contribution in [3.8, 4) is 0 Å². The van der Waals surface area contributed by atoms with E-state index in [0.29, 0.717) is 11.8 Å². The van der Waals surface area contributed by atoms with Crippen molar-refractivity contribution in [3.05, 3.63) is 35.5 Å². The minimum absolute atomic E-state index is 0.259. The van der Waals surface area contributed by atoms with E-state index in [9.17, 15) is 4.79 Å². The van der Waals surface area contributed by atoms with Gasteiger partial charge in [-0.2, -0.15) is 0 Å². The summed E-state index contributed by atoms with van der Waals surface area (Å²) in [6.45, 7) is 4.45. The number of nitrogens with one attached hydrogen (secondary N) is 1. The summed E-state index contributed by atoms with van der Waals surface area (Å²) in [5, 5.41) is 10.4. The maximum absolute atomic E-state index is 11.1. The number of carbonyl (C=O) groups is 1. The SMILES string of the molecule is CCC1C[N+]2=C(c3[nH]c4ccccc4c31)[C@@H](CCC(=O)O)CCC2. The van der Waals surface area contributed by atoms with Crippen LogP contribution in [-0.4, -0.2) is 39.4 Å². The van der Waals surface area contributed by atoms with Crippen molar-refractivity contribution in [2.75, 3.05) is 13.1 Å². The molecule has 4 heteroatoms. The van der Waals surface area contributed by atoms with Crippen LogP contribution in [0.3, 0.4) is 0 Å². The quantitative estimate of drug-likeness (QED) is 0.841. The normalized spacial score (nSPS) is 23.2. The highest BCUT2D eigenvalue weighted by Crippen LogP contribution is 2.38. The van der Waals surface area contributed by atoms with E-state index in [4.69, 9.17) is 5.11 Å². The molecule has 126 valence electrons. The topological polar surface area (TPSA) is 56.1 Å². The van der Waals surface area contributed by atoms with Gasteiger partial charge in [0.05, 0.1) is 0 Å². The molecule has 4 rings (SSSR count). The van der Waals surface area contributed by atoms with Crippen LogP contribution < -0.4 is 0 Å². The zero-order chi connectivity index (χ0) is 16.7. The van der Waals surface area contributed by atoms with E-state index in [1.807, 2.05) is 0 Å². The molecule has 3 heterocycles. The van der Waals surface area contributed by atoms with E-state index in [1.165, 1.54) is 34.3 Å². The fourth-order valence-electron chi connectivity index (χ4n) is 4.65. The van der Waals surface area contributed by atoms with Gasteiger partial charge in [-0.1, -0.05) is 25.1 Å². The molecule has 4 nitrogen and oxygen atoms in total. The molecule has 2 aromatic rings. The first-order chi connectivity index (χ1) is 11.7. The number of hydrogen-bond acceptors (Lipinski definition) is 1. The van der Waals surface area contributed by atoms with Crippen LogP contribution in [0.1, 0.15) is 56.2 Å². The molecule has 0 radical (unpaired) electrons. The van der Waals surface area contributed by atoms with E-state index in [2.05, 4.69) is 40.7 Å². The Kier molecular flexibility index (Phi) is 3.91. The average Bonchev–Trinajstić information content (AvgIpc) is 2.98. The monoisotopic (exact) mass is 325 g/mol. The van der Waals surface area contributed by atoms with Crippen LogP contribution >= 0.6 is 0 Å². The molecule has 0 fully saturated rings. The molecule has 2 aliphatic rings. The predicted octanol–water partition coefficient (Wildman–Crippen LogP) is 3.75. The molecule has 0 aliphatic carbocycles. The first kappa shape index (κ1) is 15.4.